The maximum atomic E-state index is 13.4. The van der Waals surface area contributed by atoms with Crippen molar-refractivity contribution in [3.05, 3.63) is 80.2 Å². The number of carbonyl (C=O) groups is 1. The van der Waals surface area contributed by atoms with Crippen molar-refractivity contribution in [3.63, 3.8) is 0 Å². The van der Waals surface area contributed by atoms with Gasteiger partial charge in [-0.25, -0.2) is 4.98 Å². The minimum atomic E-state index is -0.457. The summed E-state index contributed by atoms with van der Waals surface area (Å²) in [7, 11) is 1.59. The number of nitrogens with zero attached hydrogens (tertiary/aromatic N) is 4. The molecule has 0 spiro atoms. The highest BCUT2D eigenvalue weighted by Crippen LogP contribution is 2.33. The summed E-state index contributed by atoms with van der Waals surface area (Å²) in [6, 6.07) is 13.9. The van der Waals surface area contributed by atoms with E-state index in [-0.39, 0.29) is 10.9 Å². The summed E-state index contributed by atoms with van der Waals surface area (Å²) in [5.41, 5.74) is 3.25. The Kier molecular flexibility index (Phi) is 5.97. The number of aryl methyl sites for hydroxylation is 2. The Labute approximate surface area is 191 Å². The molecule has 0 fully saturated rings. The van der Waals surface area contributed by atoms with E-state index in [1.54, 1.807) is 25.3 Å². The third kappa shape index (κ3) is 4.36. The molecule has 0 radical (unpaired) electrons. The Bertz CT molecular complexity index is 1360. The van der Waals surface area contributed by atoms with Gasteiger partial charge >= 0.3 is 5.00 Å². The average molecular weight is 467 g/mol. The number of rotatable bonds is 6. The Morgan fingerprint density at radius 1 is 1.12 bits per heavy atom. The molecule has 4 aromatic rings. The fourth-order valence-electron chi connectivity index (χ4n) is 2.92. The van der Waals surface area contributed by atoms with Crippen LogP contribution in [0.5, 0.6) is 5.75 Å². The van der Waals surface area contributed by atoms with Gasteiger partial charge in [0.05, 0.1) is 33.3 Å². The van der Waals surface area contributed by atoms with Gasteiger partial charge in [-0.1, -0.05) is 28.7 Å². The molecule has 0 N–H and O–H groups in total. The number of hydrogen-bond acceptors (Lipinski definition) is 8. The first-order valence-corrected chi connectivity index (χ1v) is 11.1. The van der Waals surface area contributed by atoms with E-state index in [2.05, 4.69) is 10.1 Å². The molecule has 2 aromatic carbocycles. The molecule has 32 heavy (non-hydrogen) atoms. The van der Waals surface area contributed by atoms with Gasteiger partial charge in [0, 0.05) is 11.6 Å². The molecule has 10 heteroatoms. The van der Waals surface area contributed by atoms with E-state index in [0.717, 1.165) is 27.2 Å². The van der Waals surface area contributed by atoms with Crippen LogP contribution in [0.4, 0.5) is 10.1 Å². The summed E-state index contributed by atoms with van der Waals surface area (Å²) in [6.45, 7) is 3.92. The van der Waals surface area contributed by atoms with E-state index in [1.165, 1.54) is 28.6 Å². The number of hydrogen-bond donors (Lipinski definition) is 0. The molecule has 2 aromatic heterocycles. The first-order valence-electron chi connectivity index (χ1n) is 9.50. The van der Waals surface area contributed by atoms with Crippen LogP contribution in [0.15, 0.2) is 53.6 Å². The number of benzene rings is 2. The van der Waals surface area contributed by atoms with E-state index >= 15 is 0 Å². The quantitative estimate of drug-likeness (QED) is 0.210. The van der Waals surface area contributed by atoms with E-state index in [9.17, 15) is 14.9 Å². The number of thiazole rings is 1. The summed E-state index contributed by atoms with van der Waals surface area (Å²) in [5, 5.41) is 17.0. The number of methoxy groups -OCH3 is 1. The van der Waals surface area contributed by atoms with E-state index in [0.29, 0.717) is 26.8 Å². The molecule has 0 aliphatic heterocycles. The molecule has 8 nitrogen and oxygen atoms in total. The minimum Gasteiger partial charge on any atom is -0.497 e. The first-order chi connectivity index (χ1) is 15.4. The van der Waals surface area contributed by atoms with Crippen LogP contribution in [0.2, 0.25) is 0 Å². The van der Waals surface area contributed by atoms with Crippen LogP contribution in [0.3, 0.4) is 0 Å². The molecule has 0 aliphatic rings. The highest BCUT2D eigenvalue weighted by Gasteiger charge is 2.22. The average Bonchev–Trinajstić information content (AvgIpc) is 3.42. The van der Waals surface area contributed by atoms with Gasteiger partial charge in [0.1, 0.15) is 5.75 Å². The van der Waals surface area contributed by atoms with Gasteiger partial charge in [0.25, 0.3) is 5.91 Å². The van der Waals surface area contributed by atoms with Crippen molar-refractivity contribution in [2.45, 2.75) is 13.8 Å². The van der Waals surface area contributed by atoms with Crippen LogP contribution in [-0.2, 0) is 0 Å². The van der Waals surface area contributed by atoms with Gasteiger partial charge in [-0.2, -0.15) is 10.1 Å². The van der Waals surface area contributed by atoms with Crippen LogP contribution >= 0.6 is 22.7 Å². The second-order valence-corrected chi connectivity index (χ2v) is 9.03. The predicted molar refractivity (Wildman–Crippen MR) is 127 cm³/mol. The number of carbonyl (C=O) groups excluding carboxylic acids is 1. The van der Waals surface area contributed by atoms with Crippen molar-refractivity contribution in [2.24, 2.45) is 5.10 Å². The summed E-state index contributed by atoms with van der Waals surface area (Å²) in [5.74, 6) is 0.343. The first kappa shape index (κ1) is 21.6. The SMILES string of the molecule is COc1ccc2nc(N(/N=C/c3ccc([N+](=O)[O-])s3)C(=O)c3ccc(C)c(C)c3)sc2c1. The number of amides is 1. The van der Waals surface area contributed by atoms with Crippen molar-refractivity contribution in [1.82, 2.24) is 4.98 Å². The van der Waals surface area contributed by atoms with E-state index < -0.39 is 4.92 Å². The molecule has 0 saturated carbocycles. The fraction of sp³-hybridized carbons (Fsp3) is 0.136. The molecule has 0 bridgehead atoms. The molecular weight excluding hydrogens is 448 g/mol. The van der Waals surface area contributed by atoms with Crippen molar-refractivity contribution >= 4 is 55.1 Å². The molecule has 0 unspecified atom stereocenters. The number of thiophene rings is 1. The minimum absolute atomic E-state index is 0.00516. The molecule has 0 aliphatic carbocycles. The Morgan fingerprint density at radius 3 is 2.62 bits per heavy atom. The molecule has 4 rings (SSSR count). The normalized spacial score (nSPS) is 11.2. The lowest BCUT2D eigenvalue weighted by Crippen LogP contribution is -2.25. The summed E-state index contributed by atoms with van der Waals surface area (Å²) in [4.78, 5) is 29.0. The number of hydrazone groups is 1. The van der Waals surface area contributed by atoms with Crippen molar-refractivity contribution in [3.8, 4) is 5.75 Å². The molecular formula is C22H18N4O4S2. The number of anilines is 1. The van der Waals surface area contributed by atoms with Gasteiger partial charge in [-0.3, -0.25) is 14.9 Å². The lowest BCUT2D eigenvalue weighted by Gasteiger charge is -2.14. The molecule has 0 saturated heterocycles. The number of ether oxygens (including phenoxy) is 1. The summed E-state index contributed by atoms with van der Waals surface area (Å²) >= 11 is 2.29. The van der Waals surface area contributed by atoms with Gasteiger partial charge in [-0.05, 0) is 61.4 Å². The third-order valence-electron chi connectivity index (χ3n) is 4.80. The molecule has 0 atom stereocenters. The summed E-state index contributed by atoms with van der Waals surface area (Å²) in [6.07, 6.45) is 1.43. The second-order valence-electron chi connectivity index (χ2n) is 6.92. The van der Waals surface area contributed by atoms with Crippen LogP contribution in [0.1, 0.15) is 26.4 Å². The van der Waals surface area contributed by atoms with Gasteiger partial charge in [-0.15, -0.1) is 0 Å². The van der Waals surface area contributed by atoms with Crippen molar-refractivity contribution in [2.75, 3.05) is 12.1 Å². The zero-order chi connectivity index (χ0) is 22.8. The van der Waals surface area contributed by atoms with Gasteiger partial charge in [0.2, 0.25) is 5.13 Å². The second kappa shape index (κ2) is 8.85. The van der Waals surface area contributed by atoms with Crippen molar-refractivity contribution < 1.29 is 14.5 Å². The maximum absolute atomic E-state index is 13.4. The topological polar surface area (TPSA) is 97.9 Å². The van der Waals surface area contributed by atoms with E-state index in [4.69, 9.17) is 4.74 Å². The largest absolute Gasteiger partial charge is 0.497 e. The zero-order valence-electron chi connectivity index (χ0n) is 17.4. The highest BCUT2D eigenvalue weighted by molar-refractivity contribution is 7.22. The van der Waals surface area contributed by atoms with E-state index in [1.807, 2.05) is 38.1 Å². The smallest absolute Gasteiger partial charge is 0.324 e. The Morgan fingerprint density at radius 2 is 1.94 bits per heavy atom. The number of aromatic nitrogens is 1. The van der Waals surface area contributed by atoms with Gasteiger partial charge < -0.3 is 4.74 Å². The maximum Gasteiger partial charge on any atom is 0.324 e. The molecule has 162 valence electrons. The lowest BCUT2D eigenvalue weighted by atomic mass is 10.1. The van der Waals surface area contributed by atoms with Gasteiger partial charge in [0.15, 0.2) is 0 Å². The Hall–Kier alpha value is -3.63. The third-order valence-corrected chi connectivity index (χ3v) is 6.77. The monoisotopic (exact) mass is 466 g/mol. The van der Waals surface area contributed by atoms with Crippen LogP contribution < -0.4 is 9.75 Å². The zero-order valence-corrected chi connectivity index (χ0v) is 19.1. The fourth-order valence-corrected chi connectivity index (χ4v) is 4.56. The van der Waals surface area contributed by atoms with Crippen molar-refractivity contribution in [1.29, 1.82) is 0 Å². The molecule has 1 amide bonds. The molecule has 2 heterocycles. The van der Waals surface area contributed by atoms with Crippen LogP contribution in [0.25, 0.3) is 10.2 Å². The Balaban J connectivity index is 1.76. The number of nitro groups is 1. The lowest BCUT2D eigenvalue weighted by molar-refractivity contribution is -0.380. The van der Waals surface area contributed by atoms with Crippen LogP contribution in [0, 0.1) is 24.0 Å². The summed E-state index contributed by atoms with van der Waals surface area (Å²) < 4.78 is 6.12. The standard InChI is InChI=1S/C22H18N4O4S2/c1-13-4-5-15(10-14(13)2)21(27)25(23-12-17-7-9-20(31-17)26(28)29)22-24-18-8-6-16(30-3)11-19(18)32-22/h4-12H,1-3H3/b23-12+. The number of fused-ring (bicyclic) bond motifs is 1. The predicted octanol–water partition coefficient (Wildman–Crippen LogP) is 5.57. The van der Waals surface area contributed by atoms with Crippen LogP contribution in [-0.4, -0.2) is 29.1 Å². The highest BCUT2D eigenvalue weighted by atomic mass is 32.1.